The molecule has 0 radical (unpaired) electrons. The highest BCUT2D eigenvalue weighted by molar-refractivity contribution is 5.86. The Morgan fingerprint density at radius 1 is 1.03 bits per heavy atom. The van der Waals surface area contributed by atoms with E-state index >= 15 is 0 Å². The van der Waals surface area contributed by atoms with E-state index in [-0.39, 0.29) is 17.8 Å². The maximum Gasteiger partial charge on any atom is 0.356 e. The van der Waals surface area contributed by atoms with Crippen LogP contribution in [0.5, 0.6) is 5.75 Å². The number of amides is 1. The fourth-order valence-electron chi connectivity index (χ4n) is 4.54. The predicted molar refractivity (Wildman–Crippen MR) is 110 cm³/mol. The van der Waals surface area contributed by atoms with Gasteiger partial charge in [0, 0.05) is 37.2 Å². The average molecular weight is 419 g/mol. The van der Waals surface area contributed by atoms with Gasteiger partial charge in [0.2, 0.25) is 0 Å². The number of hydrogen-bond donors (Lipinski definition) is 1. The second kappa shape index (κ2) is 7.82. The zero-order chi connectivity index (χ0) is 21.4. The molecular weight excluding hydrogens is 398 g/mol. The Morgan fingerprint density at radius 3 is 2.45 bits per heavy atom. The highest BCUT2D eigenvalue weighted by Crippen LogP contribution is 2.40. The number of carboxylic acid groups (broad SMARTS) is 1. The standard InChI is InChI=1S/C22H21N5O4/c28-21(29)19-5-8-27(25-19)22(30)26-12-15-10-18(11-16(15)13-26)31-17-4-1-3-14(9-17)20-23-6-2-7-24-20/h1-9,15-16,18H,10-13H2,(H,28,29). The molecule has 2 fully saturated rings. The molecule has 5 rings (SSSR count). The summed E-state index contributed by atoms with van der Waals surface area (Å²) in [6.07, 6.45) is 6.68. The Morgan fingerprint density at radius 2 is 1.77 bits per heavy atom. The largest absolute Gasteiger partial charge is 0.490 e. The van der Waals surface area contributed by atoms with Gasteiger partial charge in [-0.25, -0.2) is 19.6 Å². The van der Waals surface area contributed by atoms with Crippen molar-refractivity contribution in [1.29, 1.82) is 0 Å². The van der Waals surface area contributed by atoms with Gasteiger partial charge < -0.3 is 14.7 Å². The fourth-order valence-corrected chi connectivity index (χ4v) is 4.54. The number of benzene rings is 1. The van der Waals surface area contributed by atoms with Crippen molar-refractivity contribution in [2.75, 3.05) is 13.1 Å². The van der Waals surface area contributed by atoms with E-state index in [1.54, 1.807) is 23.4 Å². The SMILES string of the molecule is O=C(O)c1ccn(C(=O)N2CC3CC(Oc4cccc(-c5ncccn5)c4)CC3C2)n1. The molecule has 0 bridgehead atoms. The summed E-state index contributed by atoms with van der Waals surface area (Å²) in [5.74, 6) is 1.04. The monoisotopic (exact) mass is 419 g/mol. The molecule has 31 heavy (non-hydrogen) atoms. The number of ether oxygens (including phenoxy) is 1. The van der Waals surface area contributed by atoms with Crippen LogP contribution in [0.15, 0.2) is 55.0 Å². The smallest absolute Gasteiger partial charge is 0.356 e. The highest BCUT2D eigenvalue weighted by atomic mass is 16.5. The first-order valence-electron chi connectivity index (χ1n) is 10.2. The molecule has 1 aliphatic carbocycles. The summed E-state index contributed by atoms with van der Waals surface area (Å²) in [6.45, 7) is 1.26. The van der Waals surface area contributed by atoms with Crippen LogP contribution in [-0.2, 0) is 0 Å². The molecule has 3 heterocycles. The molecule has 1 amide bonds. The zero-order valence-corrected chi connectivity index (χ0v) is 16.7. The molecule has 0 spiro atoms. The molecule has 2 unspecified atom stereocenters. The third-order valence-electron chi connectivity index (χ3n) is 5.94. The predicted octanol–water partition coefficient (Wildman–Crippen LogP) is 2.80. The number of likely N-dealkylation sites (tertiary alicyclic amines) is 1. The molecule has 2 atom stereocenters. The van der Waals surface area contributed by atoms with Crippen molar-refractivity contribution in [3.8, 4) is 17.1 Å². The third-order valence-corrected chi connectivity index (χ3v) is 5.94. The van der Waals surface area contributed by atoms with Gasteiger partial charge in [-0.1, -0.05) is 12.1 Å². The number of aromatic nitrogens is 4. The summed E-state index contributed by atoms with van der Waals surface area (Å²) >= 11 is 0. The van der Waals surface area contributed by atoms with Crippen molar-refractivity contribution >= 4 is 12.0 Å². The second-order valence-electron chi connectivity index (χ2n) is 7.97. The number of nitrogens with zero attached hydrogens (tertiary/aromatic N) is 5. The van der Waals surface area contributed by atoms with Gasteiger partial charge in [-0.3, -0.25) is 0 Å². The molecule has 1 aliphatic heterocycles. The van der Waals surface area contributed by atoms with Gasteiger partial charge in [-0.05, 0) is 48.9 Å². The summed E-state index contributed by atoms with van der Waals surface area (Å²) in [4.78, 5) is 34.0. The number of carbonyl (C=O) groups excluding carboxylic acids is 1. The van der Waals surface area contributed by atoms with Crippen molar-refractivity contribution in [1.82, 2.24) is 24.6 Å². The van der Waals surface area contributed by atoms with Crippen LogP contribution in [0.1, 0.15) is 23.3 Å². The molecule has 3 aromatic rings. The van der Waals surface area contributed by atoms with E-state index < -0.39 is 5.97 Å². The van der Waals surface area contributed by atoms with Gasteiger partial charge in [-0.15, -0.1) is 0 Å². The van der Waals surface area contributed by atoms with Gasteiger partial charge in [0.05, 0.1) is 6.10 Å². The molecule has 2 aromatic heterocycles. The maximum absolute atomic E-state index is 12.6. The first kappa shape index (κ1) is 19.2. The maximum atomic E-state index is 12.6. The van der Waals surface area contributed by atoms with E-state index in [0.717, 1.165) is 28.8 Å². The Balaban J connectivity index is 1.20. The van der Waals surface area contributed by atoms with Crippen LogP contribution in [0.25, 0.3) is 11.4 Å². The van der Waals surface area contributed by atoms with Crippen LogP contribution >= 0.6 is 0 Å². The van der Waals surface area contributed by atoms with Crippen LogP contribution in [-0.4, -0.2) is 60.9 Å². The van der Waals surface area contributed by atoms with Crippen molar-refractivity contribution < 1.29 is 19.4 Å². The molecule has 1 saturated heterocycles. The summed E-state index contributed by atoms with van der Waals surface area (Å²) in [5.41, 5.74) is 0.775. The summed E-state index contributed by atoms with van der Waals surface area (Å²) < 4.78 is 7.35. The van der Waals surface area contributed by atoms with Gasteiger partial charge in [0.1, 0.15) is 5.75 Å². The molecule has 1 saturated carbocycles. The number of aromatic carboxylic acids is 1. The van der Waals surface area contributed by atoms with E-state index in [0.29, 0.717) is 30.7 Å². The lowest BCUT2D eigenvalue weighted by molar-refractivity contribution is 0.0690. The third kappa shape index (κ3) is 3.86. The van der Waals surface area contributed by atoms with Crippen LogP contribution in [0.3, 0.4) is 0 Å². The number of carbonyl (C=O) groups is 2. The van der Waals surface area contributed by atoms with Crippen molar-refractivity contribution in [2.24, 2.45) is 11.8 Å². The normalized spacial score (nSPS) is 22.3. The topological polar surface area (TPSA) is 110 Å². The van der Waals surface area contributed by atoms with E-state index in [9.17, 15) is 9.59 Å². The quantitative estimate of drug-likeness (QED) is 0.692. The summed E-state index contributed by atoms with van der Waals surface area (Å²) in [6, 6.07) is 10.6. The molecule has 1 N–H and O–H groups in total. The number of hydrogen-bond acceptors (Lipinski definition) is 6. The van der Waals surface area contributed by atoms with Crippen LogP contribution in [0.2, 0.25) is 0 Å². The minimum atomic E-state index is -1.15. The zero-order valence-electron chi connectivity index (χ0n) is 16.7. The van der Waals surface area contributed by atoms with Crippen LogP contribution in [0, 0.1) is 11.8 Å². The number of carboxylic acids is 1. The number of fused-ring (bicyclic) bond motifs is 1. The van der Waals surface area contributed by atoms with Crippen LogP contribution in [0.4, 0.5) is 4.79 Å². The second-order valence-corrected chi connectivity index (χ2v) is 7.97. The number of rotatable bonds is 4. The first-order valence-corrected chi connectivity index (χ1v) is 10.2. The fraction of sp³-hybridized carbons (Fsp3) is 0.318. The molecule has 1 aromatic carbocycles. The van der Waals surface area contributed by atoms with Gasteiger partial charge in [0.15, 0.2) is 11.5 Å². The minimum absolute atomic E-state index is 0.0995. The Bertz CT molecular complexity index is 1100. The molecule has 2 aliphatic rings. The molecule has 9 nitrogen and oxygen atoms in total. The van der Waals surface area contributed by atoms with Crippen molar-refractivity contribution in [3.63, 3.8) is 0 Å². The summed E-state index contributed by atoms with van der Waals surface area (Å²) in [5, 5.41) is 12.8. The molecular formula is C22H21N5O4. The Labute approximate surface area is 178 Å². The average Bonchev–Trinajstić information content (AvgIpc) is 3.49. The minimum Gasteiger partial charge on any atom is -0.490 e. The van der Waals surface area contributed by atoms with Gasteiger partial charge in [0.25, 0.3) is 0 Å². The molecule has 9 heteroatoms. The lowest BCUT2D eigenvalue weighted by Crippen LogP contribution is -2.34. The summed E-state index contributed by atoms with van der Waals surface area (Å²) in [7, 11) is 0. The Kier molecular flexibility index (Phi) is 4.85. The van der Waals surface area contributed by atoms with E-state index in [4.69, 9.17) is 9.84 Å². The molecule has 158 valence electrons. The lowest BCUT2D eigenvalue weighted by Gasteiger charge is -2.20. The van der Waals surface area contributed by atoms with E-state index in [1.165, 1.54) is 12.3 Å². The van der Waals surface area contributed by atoms with Crippen molar-refractivity contribution in [3.05, 3.63) is 60.7 Å². The Hall–Kier alpha value is -3.75. The van der Waals surface area contributed by atoms with Crippen LogP contribution < -0.4 is 4.74 Å². The first-order chi connectivity index (χ1) is 15.1. The van der Waals surface area contributed by atoms with E-state index in [1.807, 2.05) is 24.3 Å². The van der Waals surface area contributed by atoms with Crippen molar-refractivity contribution in [2.45, 2.75) is 18.9 Å². The highest BCUT2D eigenvalue weighted by Gasteiger charge is 2.43. The van der Waals surface area contributed by atoms with Gasteiger partial charge >= 0.3 is 12.0 Å². The van der Waals surface area contributed by atoms with E-state index in [2.05, 4.69) is 15.1 Å². The van der Waals surface area contributed by atoms with Gasteiger partial charge in [-0.2, -0.15) is 9.78 Å². The lowest BCUT2D eigenvalue weighted by atomic mass is 10.0.